The maximum Gasteiger partial charge on any atom is 0.423 e. The van der Waals surface area contributed by atoms with E-state index >= 15 is 0 Å². The van der Waals surface area contributed by atoms with Crippen LogP contribution in [0.4, 0.5) is 24.8 Å². The van der Waals surface area contributed by atoms with Gasteiger partial charge in [-0.15, -0.1) is 0 Å². The standard InChI is InChI=1S/C21H26F3N7O3/c22-21(23,24)18-16(13-27-28-19(18)33)31-7-1-3-15(31)14-34-12-4-17(32)29-8-10-30(11-9-29)20-25-5-2-6-26-20/h2,5-6,13,15H,1,3-4,7-12,14H2,(H,28,33)/t15-/m0/s1. The fraction of sp³-hybridized carbons (Fsp3) is 0.571. The van der Waals surface area contributed by atoms with Crippen LogP contribution in [0.25, 0.3) is 0 Å². The van der Waals surface area contributed by atoms with Gasteiger partial charge in [0.25, 0.3) is 5.56 Å². The number of hydrogen-bond acceptors (Lipinski definition) is 8. The first-order chi connectivity index (χ1) is 16.3. The van der Waals surface area contributed by atoms with E-state index in [1.807, 2.05) is 10.00 Å². The van der Waals surface area contributed by atoms with Gasteiger partial charge in [-0.25, -0.2) is 15.1 Å². The number of aromatic nitrogens is 4. The second-order valence-corrected chi connectivity index (χ2v) is 8.19. The summed E-state index contributed by atoms with van der Waals surface area (Å²) >= 11 is 0. The Morgan fingerprint density at radius 1 is 1.15 bits per heavy atom. The first-order valence-electron chi connectivity index (χ1n) is 11.1. The van der Waals surface area contributed by atoms with Gasteiger partial charge in [0.1, 0.15) is 5.56 Å². The molecule has 2 aromatic heterocycles. The van der Waals surface area contributed by atoms with Crippen LogP contribution in [0.15, 0.2) is 29.5 Å². The van der Waals surface area contributed by atoms with E-state index < -0.39 is 17.3 Å². The minimum atomic E-state index is -4.79. The summed E-state index contributed by atoms with van der Waals surface area (Å²) in [5, 5.41) is 5.41. The van der Waals surface area contributed by atoms with E-state index in [0.29, 0.717) is 51.5 Å². The van der Waals surface area contributed by atoms with Gasteiger partial charge in [-0.1, -0.05) is 0 Å². The number of nitrogens with zero attached hydrogens (tertiary/aromatic N) is 6. The molecule has 0 bridgehead atoms. The smallest absolute Gasteiger partial charge is 0.379 e. The van der Waals surface area contributed by atoms with Gasteiger partial charge >= 0.3 is 6.18 Å². The first kappa shape index (κ1) is 23.9. The minimum Gasteiger partial charge on any atom is -0.379 e. The number of carbonyl (C=O) groups is 1. The van der Waals surface area contributed by atoms with E-state index in [-0.39, 0.29) is 37.3 Å². The average Bonchev–Trinajstić information content (AvgIpc) is 3.30. The van der Waals surface area contributed by atoms with Crippen molar-refractivity contribution < 1.29 is 22.7 Å². The lowest BCUT2D eigenvalue weighted by Crippen LogP contribution is -2.49. The maximum atomic E-state index is 13.4. The summed E-state index contributed by atoms with van der Waals surface area (Å²) < 4.78 is 45.9. The third-order valence-electron chi connectivity index (χ3n) is 6.04. The fourth-order valence-electron chi connectivity index (χ4n) is 4.35. The molecule has 2 aliphatic rings. The van der Waals surface area contributed by atoms with E-state index in [9.17, 15) is 22.8 Å². The predicted molar refractivity (Wildman–Crippen MR) is 116 cm³/mol. The predicted octanol–water partition coefficient (Wildman–Crippen LogP) is 1.30. The molecule has 2 aliphatic heterocycles. The number of rotatable bonds is 7. The fourth-order valence-corrected chi connectivity index (χ4v) is 4.35. The third kappa shape index (κ3) is 5.46. The van der Waals surface area contributed by atoms with Crippen LogP contribution < -0.4 is 15.4 Å². The summed E-state index contributed by atoms with van der Waals surface area (Å²) in [6.07, 6.45) is 1.09. The quantitative estimate of drug-likeness (QED) is 0.590. The van der Waals surface area contributed by atoms with Crippen molar-refractivity contribution in [1.82, 2.24) is 25.1 Å². The van der Waals surface area contributed by atoms with Gasteiger partial charge in [0.2, 0.25) is 11.9 Å². The molecule has 0 aliphatic carbocycles. The molecule has 0 spiro atoms. The zero-order chi connectivity index (χ0) is 24.1. The molecule has 0 radical (unpaired) electrons. The van der Waals surface area contributed by atoms with Crippen molar-refractivity contribution in [2.45, 2.75) is 31.5 Å². The lowest BCUT2D eigenvalue weighted by molar-refractivity contribution is -0.138. The monoisotopic (exact) mass is 481 g/mol. The van der Waals surface area contributed by atoms with Gasteiger partial charge in [0.15, 0.2) is 0 Å². The molecular weight excluding hydrogens is 455 g/mol. The van der Waals surface area contributed by atoms with Crippen LogP contribution in [0.1, 0.15) is 24.8 Å². The second kappa shape index (κ2) is 10.4. The molecule has 10 nitrogen and oxygen atoms in total. The molecule has 1 amide bonds. The van der Waals surface area contributed by atoms with Crippen molar-refractivity contribution in [3.05, 3.63) is 40.6 Å². The number of amides is 1. The number of ether oxygens (including phenoxy) is 1. The number of carbonyl (C=O) groups excluding carboxylic acids is 1. The van der Waals surface area contributed by atoms with Gasteiger partial charge < -0.3 is 19.4 Å². The van der Waals surface area contributed by atoms with E-state index in [2.05, 4.69) is 15.1 Å². The molecule has 2 aromatic rings. The van der Waals surface area contributed by atoms with Crippen LogP contribution in [-0.2, 0) is 15.7 Å². The number of halogens is 3. The number of alkyl halides is 3. The highest BCUT2D eigenvalue weighted by Crippen LogP contribution is 2.36. The normalized spacial score (nSPS) is 19.0. The van der Waals surface area contributed by atoms with Crippen LogP contribution in [-0.4, -0.2) is 83.0 Å². The number of aromatic amines is 1. The van der Waals surface area contributed by atoms with Crippen LogP contribution >= 0.6 is 0 Å². The number of nitrogens with one attached hydrogen (secondary N) is 1. The lowest BCUT2D eigenvalue weighted by Gasteiger charge is -2.34. The Morgan fingerprint density at radius 2 is 1.88 bits per heavy atom. The molecule has 2 saturated heterocycles. The van der Waals surface area contributed by atoms with Gasteiger partial charge in [0, 0.05) is 45.1 Å². The average molecular weight is 481 g/mol. The third-order valence-corrected chi connectivity index (χ3v) is 6.04. The number of H-pyrrole nitrogens is 1. The van der Waals surface area contributed by atoms with Crippen LogP contribution in [0.5, 0.6) is 0 Å². The molecule has 4 rings (SSSR count). The van der Waals surface area contributed by atoms with Crippen molar-refractivity contribution >= 4 is 17.5 Å². The number of piperazine rings is 1. The number of anilines is 2. The van der Waals surface area contributed by atoms with Crippen molar-refractivity contribution in [2.24, 2.45) is 0 Å². The zero-order valence-corrected chi connectivity index (χ0v) is 18.5. The Morgan fingerprint density at radius 3 is 2.59 bits per heavy atom. The largest absolute Gasteiger partial charge is 0.423 e. The van der Waals surface area contributed by atoms with E-state index in [1.54, 1.807) is 23.4 Å². The number of hydrogen-bond donors (Lipinski definition) is 1. The summed E-state index contributed by atoms with van der Waals surface area (Å²) in [6, 6.07) is 1.42. The summed E-state index contributed by atoms with van der Waals surface area (Å²) in [5.41, 5.74) is -2.75. The molecule has 0 unspecified atom stereocenters. The molecule has 0 saturated carbocycles. The maximum absolute atomic E-state index is 13.4. The Bertz CT molecular complexity index is 1030. The first-order valence-corrected chi connectivity index (χ1v) is 11.1. The van der Waals surface area contributed by atoms with E-state index in [1.165, 1.54) is 4.90 Å². The van der Waals surface area contributed by atoms with E-state index in [0.717, 1.165) is 6.20 Å². The second-order valence-electron chi connectivity index (χ2n) is 8.19. The topological polar surface area (TPSA) is 108 Å². The molecule has 0 aromatic carbocycles. The molecule has 184 valence electrons. The molecule has 4 heterocycles. The minimum absolute atomic E-state index is 0.0324. The van der Waals surface area contributed by atoms with Gasteiger partial charge in [0.05, 0.1) is 37.6 Å². The molecular formula is C21H26F3N7O3. The Balaban J connectivity index is 1.25. The molecule has 1 N–H and O–H groups in total. The van der Waals surface area contributed by atoms with Crippen molar-refractivity contribution in [2.75, 3.05) is 55.7 Å². The van der Waals surface area contributed by atoms with Crippen LogP contribution in [0.2, 0.25) is 0 Å². The van der Waals surface area contributed by atoms with Crippen molar-refractivity contribution in [3.63, 3.8) is 0 Å². The summed E-state index contributed by atoms with van der Waals surface area (Å²) in [6.45, 7) is 3.10. The highest BCUT2D eigenvalue weighted by molar-refractivity contribution is 5.76. The van der Waals surface area contributed by atoms with Gasteiger partial charge in [-0.05, 0) is 18.9 Å². The van der Waals surface area contributed by atoms with Gasteiger partial charge in [-0.2, -0.15) is 18.3 Å². The molecule has 1 atom stereocenters. The van der Waals surface area contributed by atoms with Crippen LogP contribution in [0.3, 0.4) is 0 Å². The summed E-state index contributed by atoms with van der Waals surface area (Å²) in [7, 11) is 0. The van der Waals surface area contributed by atoms with Crippen LogP contribution in [0, 0.1) is 0 Å². The highest BCUT2D eigenvalue weighted by Gasteiger charge is 2.40. The van der Waals surface area contributed by atoms with Crippen molar-refractivity contribution in [1.29, 1.82) is 0 Å². The SMILES string of the molecule is O=C(CCOC[C@@H]1CCCN1c1cn[nH]c(=O)c1C(F)(F)F)N1CCN(c2ncccn2)CC1. The molecule has 2 fully saturated rings. The Labute approximate surface area is 193 Å². The van der Waals surface area contributed by atoms with Gasteiger partial charge in [-0.3, -0.25) is 9.59 Å². The lowest BCUT2D eigenvalue weighted by atomic mass is 10.2. The summed E-state index contributed by atoms with van der Waals surface area (Å²) in [5.74, 6) is 0.610. The molecule has 13 heteroatoms. The summed E-state index contributed by atoms with van der Waals surface area (Å²) in [4.78, 5) is 38.1. The Kier molecular flexibility index (Phi) is 7.29. The highest BCUT2D eigenvalue weighted by atomic mass is 19.4. The molecule has 34 heavy (non-hydrogen) atoms. The zero-order valence-electron chi connectivity index (χ0n) is 18.5. The Hall–Kier alpha value is -3.22. The van der Waals surface area contributed by atoms with E-state index in [4.69, 9.17) is 4.74 Å². The van der Waals surface area contributed by atoms with Crippen molar-refractivity contribution in [3.8, 4) is 0 Å².